The molecule has 0 radical (unpaired) electrons. The molecule has 1 N–H and O–H groups in total. The van der Waals surface area contributed by atoms with Crippen molar-refractivity contribution in [2.75, 3.05) is 39.3 Å². The van der Waals surface area contributed by atoms with Crippen LogP contribution in [0.1, 0.15) is 67.2 Å². The summed E-state index contributed by atoms with van der Waals surface area (Å²) in [5.74, 6) is 4.64. The molecule has 1 aliphatic carbocycles. The van der Waals surface area contributed by atoms with Crippen molar-refractivity contribution in [1.82, 2.24) is 0 Å². The first-order chi connectivity index (χ1) is 12.8. The van der Waals surface area contributed by atoms with E-state index in [0.29, 0.717) is 15.5 Å². The van der Waals surface area contributed by atoms with Gasteiger partial charge < -0.3 is 9.85 Å². The van der Waals surface area contributed by atoms with Gasteiger partial charge in [0.1, 0.15) is 19.6 Å². The van der Waals surface area contributed by atoms with Crippen molar-refractivity contribution >= 4 is 0 Å². The minimum absolute atomic E-state index is 0.159. The van der Waals surface area contributed by atoms with E-state index < -0.39 is 0 Å². The Hall–Kier alpha value is -0.160. The quantitative estimate of drug-likeness (QED) is 0.469. The third-order valence-corrected chi connectivity index (χ3v) is 9.06. The zero-order valence-corrected chi connectivity index (χ0v) is 19.3. The molecule has 162 valence electrons. The number of rotatable bonds is 0. The summed E-state index contributed by atoms with van der Waals surface area (Å²) in [6.45, 7) is 19.8. The van der Waals surface area contributed by atoms with Crippen molar-refractivity contribution in [2.45, 2.75) is 67.2 Å². The summed E-state index contributed by atoms with van der Waals surface area (Å²) in [7, 11) is 0. The van der Waals surface area contributed by atoms with Crippen LogP contribution in [0.25, 0.3) is 0 Å². The molecule has 1 saturated carbocycles. The van der Waals surface area contributed by atoms with Gasteiger partial charge in [0, 0.05) is 36.5 Å². The molecule has 0 aromatic heterocycles. The van der Waals surface area contributed by atoms with E-state index in [1.165, 1.54) is 25.7 Å². The summed E-state index contributed by atoms with van der Waals surface area (Å²) >= 11 is 0. The molecular formula is C24H45N2O2+. The maximum Gasteiger partial charge on any atom is 0.112 e. The summed E-state index contributed by atoms with van der Waals surface area (Å²) in [6.07, 6.45) is 5.16. The number of hydroxylamine groups is 6. The number of piperidine rings is 6. The summed E-state index contributed by atoms with van der Waals surface area (Å²) in [5.41, 5.74) is 0.778. The first kappa shape index (κ1) is 21.1. The topological polar surface area (TPSA) is 43.3 Å². The fourth-order valence-electron chi connectivity index (χ4n) is 8.27. The minimum atomic E-state index is 0.159. The summed E-state index contributed by atoms with van der Waals surface area (Å²) < 4.78 is 0.519. The standard InChI is InChI=1S/C13H23NO.C11H22NO/c1-13(2,3)12-10-4-9-5-11(12)8-14(15,6-9)7-10;1-11(2,3)10-8-12(13)6-4-9(10)5-7-12/h9-12H,4-8H2,1-3H3;9-10,13H,4-8H2,1-3H3/q;+1. The molecule has 0 amide bonds. The van der Waals surface area contributed by atoms with E-state index in [0.717, 1.165) is 74.8 Å². The Morgan fingerprint density at radius 1 is 0.750 bits per heavy atom. The molecule has 6 heterocycles. The normalized spacial score (nSPS) is 49.7. The van der Waals surface area contributed by atoms with E-state index in [1.807, 2.05) is 0 Å². The van der Waals surface area contributed by atoms with Crippen LogP contribution in [0.4, 0.5) is 0 Å². The van der Waals surface area contributed by atoms with Gasteiger partial charge in [-0.3, -0.25) is 0 Å². The lowest BCUT2D eigenvalue weighted by Crippen LogP contribution is -2.67. The lowest BCUT2D eigenvalue weighted by atomic mass is 9.55. The fraction of sp³-hybridized carbons (Fsp3) is 1.00. The highest BCUT2D eigenvalue weighted by Gasteiger charge is 2.55. The Kier molecular flexibility index (Phi) is 5.02. The van der Waals surface area contributed by atoms with Crippen molar-refractivity contribution in [3.63, 3.8) is 0 Å². The highest BCUT2D eigenvalue weighted by Crippen LogP contribution is 2.55. The molecule has 28 heavy (non-hydrogen) atoms. The van der Waals surface area contributed by atoms with Gasteiger partial charge in [-0.25, -0.2) is 5.21 Å². The second-order valence-electron chi connectivity index (χ2n) is 13.4. The molecule has 0 spiro atoms. The Morgan fingerprint density at radius 2 is 1.29 bits per heavy atom. The van der Waals surface area contributed by atoms with Crippen LogP contribution in [0.3, 0.4) is 0 Å². The summed E-state index contributed by atoms with van der Waals surface area (Å²) in [6, 6.07) is 0. The maximum atomic E-state index is 12.4. The van der Waals surface area contributed by atoms with Crippen LogP contribution in [0.5, 0.6) is 0 Å². The minimum Gasteiger partial charge on any atom is -0.633 e. The smallest absolute Gasteiger partial charge is 0.112 e. The first-order valence-corrected chi connectivity index (χ1v) is 11.9. The summed E-state index contributed by atoms with van der Waals surface area (Å²) in [5, 5.41) is 22.6. The van der Waals surface area contributed by atoms with Crippen LogP contribution in [0, 0.1) is 51.5 Å². The predicted octanol–water partition coefficient (Wildman–Crippen LogP) is 4.91. The number of hydrogen-bond donors (Lipinski definition) is 1. The van der Waals surface area contributed by atoms with Crippen molar-refractivity contribution < 1.29 is 14.5 Å². The van der Waals surface area contributed by atoms with Gasteiger partial charge in [-0.15, -0.1) is 0 Å². The maximum absolute atomic E-state index is 12.4. The van der Waals surface area contributed by atoms with Crippen molar-refractivity contribution in [1.29, 1.82) is 0 Å². The van der Waals surface area contributed by atoms with Gasteiger partial charge in [0.2, 0.25) is 0 Å². The lowest BCUT2D eigenvalue weighted by Gasteiger charge is -2.65. The van der Waals surface area contributed by atoms with Crippen molar-refractivity contribution in [2.24, 2.45) is 46.3 Å². The van der Waals surface area contributed by atoms with Crippen LogP contribution in [0.15, 0.2) is 0 Å². The predicted molar refractivity (Wildman–Crippen MR) is 113 cm³/mol. The van der Waals surface area contributed by atoms with Gasteiger partial charge >= 0.3 is 0 Å². The molecule has 0 aromatic rings. The molecular weight excluding hydrogens is 348 g/mol. The van der Waals surface area contributed by atoms with Gasteiger partial charge in [0.25, 0.3) is 0 Å². The van der Waals surface area contributed by atoms with Crippen LogP contribution in [-0.4, -0.2) is 53.8 Å². The largest absolute Gasteiger partial charge is 0.633 e. The number of hydrogen-bond acceptors (Lipinski definition) is 2. The zero-order chi connectivity index (χ0) is 20.5. The molecule has 6 aliphatic heterocycles. The van der Waals surface area contributed by atoms with Crippen LogP contribution >= 0.6 is 0 Å². The molecule has 3 atom stereocenters. The van der Waals surface area contributed by atoms with Crippen LogP contribution in [0.2, 0.25) is 0 Å². The highest BCUT2D eigenvalue weighted by atomic mass is 16.5. The van der Waals surface area contributed by atoms with Crippen molar-refractivity contribution in [3.05, 3.63) is 5.21 Å². The van der Waals surface area contributed by atoms with Crippen LogP contribution in [-0.2, 0) is 0 Å². The number of fused-ring (bicyclic) bond motifs is 3. The Bertz CT molecular complexity index is 566. The molecule has 0 aromatic carbocycles. The highest BCUT2D eigenvalue weighted by molar-refractivity contribution is 4.97. The second-order valence-corrected chi connectivity index (χ2v) is 13.4. The fourth-order valence-corrected chi connectivity index (χ4v) is 8.27. The van der Waals surface area contributed by atoms with E-state index in [1.54, 1.807) is 0 Å². The Balaban J connectivity index is 0.000000139. The monoisotopic (exact) mass is 393 g/mol. The molecule has 7 aliphatic rings. The van der Waals surface area contributed by atoms with Gasteiger partial charge in [0.15, 0.2) is 0 Å². The van der Waals surface area contributed by atoms with E-state index in [2.05, 4.69) is 41.5 Å². The SMILES string of the molecule is CC(C)(C)C1C2CC3CC1C[N+]([O-])(C3)C2.CC(C)(C)C1C[N+]2(O)CCC1CC2. The molecule has 3 unspecified atom stereocenters. The van der Waals surface area contributed by atoms with Gasteiger partial charge in [-0.2, -0.15) is 4.65 Å². The third kappa shape index (κ3) is 3.91. The van der Waals surface area contributed by atoms with E-state index in [9.17, 15) is 10.4 Å². The zero-order valence-electron chi connectivity index (χ0n) is 19.3. The molecule has 4 nitrogen and oxygen atoms in total. The number of nitrogens with zero attached hydrogens (tertiary/aromatic N) is 2. The van der Waals surface area contributed by atoms with E-state index in [-0.39, 0.29) is 4.65 Å². The Morgan fingerprint density at radius 3 is 1.64 bits per heavy atom. The third-order valence-electron chi connectivity index (χ3n) is 9.06. The van der Waals surface area contributed by atoms with Crippen molar-refractivity contribution in [3.8, 4) is 0 Å². The van der Waals surface area contributed by atoms with Gasteiger partial charge in [-0.1, -0.05) is 41.5 Å². The average molecular weight is 394 g/mol. The number of quaternary nitrogens is 2. The molecule has 6 bridgehead atoms. The molecule has 7 rings (SSSR count). The van der Waals surface area contributed by atoms with Gasteiger partial charge in [-0.05, 0) is 35.5 Å². The summed E-state index contributed by atoms with van der Waals surface area (Å²) in [4.78, 5) is 0. The molecule has 7 fully saturated rings. The van der Waals surface area contributed by atoms with Gasteiger partial charge in [0.05, 0.1) is 19.6 Å². The first-order valence-electron chi connectivity index (χ1n) is 11.9. The average Bonchev–Trinajstić information content (AvgIpc) is 2.51. The van der Waals surface area contributed by atoms with Crippen LogP contribution < -0.4 is 0 Å². The van der Waals surface area contributed by atoms with E-state index in [4.69, 9.17) is 0 Å². The lowest BCUT2D eigenvalue weighted by molar-refractivity contribution is -1.11. The molecule has 4 heteroatoms. The molecule has 6 saturated heterocycles. The second kappa shape index (κ2) is 6.67. The Labute approximate surface area is 173 Å². The van der Waals surface area contributed by atoms with E-state index >= 15 is 0 Å².